The lowest BCUT2D eigenvalue weighted by Crippen LogP contribution is -2.13. The number of nitrogens with zero attached hydrogens (tertiary/aromatic N) is 2. The zero-order valence-electron chi connectivity index (χ0n) is 15.4. The van der Waals surface area contributed by atoms with Crippen molar-refractivity contribution < 1.29 is 9.53 Å². The van der Waals surface area contributed by atoms with Crippen molar-refractivity contribution in [2.75, 3.05) is 11.9 Å². The van der Waals surface area contributed by atoms with Crippen LogP contribution in [-0.4, -0.2) is 27.8 Å². The van der Waals surface area contributed by atoms with E-state index in [1.165, 1.54) is 23.1 Å². The highest BCUT2D eigenvalue weighted by Crippen LogP contribution is 2.33. The smallest absolute Gasteiger partial charge is 0.210 e. The van der Waals surface area contributed by atoms with E-state index < -0.39 is 0 Å². The highest BCUT2D eigenvalue weighted by molar-refractivity contribution is 8.02. The van der Waals surface area contributed by atoms with Gasteiger partial charge >= 0.3 is 0 Å². The molecule has 27 heavy (non-hydrogen) atoms. The monoisotopic (exact) mass is 399 g/mol. The normalized spacial score (nSPS) is 11.8. The van der Waals surface area contributed by atoms with Gasteiger partial charge in [0.2, 0.25) is 5.13 Å². The lowest BCUT2D eigenvalue weighted by molar-refractivity contribution is 0.0994. The number of para-hydroxylation sites is 2. The third-order valence-electron chi connectivity index (χ3n) is 3.82. The van der Waals surface area contributed by atoms with Crippen LogP contribution in [-0.2, 0) is 0 Å². The van der Waals surface area contributed by atoms with Crippen LogP contribution in [0.1, 0.15) is 29.8 Å². The van der Waals surface area contributed by atoms with E-state index in [4.69, 9.17) is 4.74 Å². The average Bonchev–Trinajstić information content (AvgIpc) is 3.10. The van der Waals surface area contributed by atoms with Crippen molar-refractivity contribution in [1.29, 1.82) is 0 Å². The van der Waals surface area contributed by atoms with Gasteiger partial charge in [-0.3, -0.25) is 4.79 Å². The number of benzene rings is 2. The fourth-order valence-electron chi connectivity index (χ4n) is 2.43. The molecule has 1 heterocycles. The van der Waals surface area contributed by atoms with Gasteiger partial charge in [0.1, 0.15) is 5.75 Å². The van der Waals surface area contributed by atoms with E-state index in [0.717, 1.165) is 21.3 Å². The van der Waals surface area contributed by atoms with E-state index in [9.17, 15) is 4.79 Å². The third kappa shape index (κ3) is 5.08. The Hall–Kier alpha value is -2.38. The first-order valence-corrected chi connectivity index (χ1v) is 10.4. The number of carbonyl (C=O) groups is 1. The molecule has 1 atom stereocenters. The molecule has 0 bridgehead atoms. The SMILES string of the molecule is CCOc1ccccc1Nc1nnc(S[C@@H](C)C(=O)c2ccc(C)cc2)s1. The molecule has 0 aliphatic heterocycles. The Balaban J connectivity index is 1.65. The lowest BCUT2D eigenvalue weighted by Gasteiger charge is -2.09. The summed E-state index contributed by atoms with van der Waals surface area (Å²) in [5, 5.41) is 12.0. The van der Waals surface area contributed by atoms with Gasteiger partial charge in [-0.2, -0.15) is 0 Å². The molecule has 1 aromatic heterocycles. The maximum atomic E-state index is 12.6. The Labute approximate surface area is 167 Å². The molecule has 0 spiro atoms. The standard InChI is InChI=1S/C20H21N3O2S2/c1-4-25-17-8-6-5-7-16(17)21-19-22-23-20(27-19)26-14(3)18(24)15-11-9-13(2)10-12-15/h5-12,14H,4H2,1-3H3,(H,21,22)/t14-/m0/s1. The van der Waals surface area contributed by atoms with E-state index in [1.807, 2.05) is 69.3 Å². The molecular formula is C20H21N3O2S2. The number of carbonyl (C=O) groups excluding carboxylic acids is 1. The van der Waals surface area contributed by atoms with Gasteiger partial charge in [0.05, 0.1) is 17.5 Å². The maximum absolute atomic E-state index is 12.6. The summed E-state index contributed by atoms with van der Waals surface area (Å²) in [4.78, 5) is 12.6. The van der Waals surface area contributed by atoms with E-state index in [2.05, 4.69) is 15.5 Å². The summed E-state index contributed by atoms with van der Waals surface area (Å²) < 4.78 is 6.36. The average molecular weight is 400 g/mol. The first-order valence-electron chi connectivity index (χ1n) is 8.66. The molecule has 3 aromatic rings. The minimum absolute atomic E-state index is 0.0893. The van der Waals surface area contributed by atoms with Gasteiger partial charge in [-0.05, 0) is 32.9 Å². The number of rotatable bonds is 8. The second-order valence-corrected chi connectivity index (χ2v) is 8.48. The summed E-state index contributed by atoms with van der Waals surface area (Å²) in [6.07, 6.45) is 0. The Morgan fingerprint density at radius 1 is 1.19 bits per heavy atom. The Morgan fingerprint density at radius 2 is 1.93 bits per heavy atom. The van der Waals surface area contributed by atoms with Gasteiger partial charge in [0.25, 0.3) is 0 Å². The van der Waals surface area contributed by atoms with Gasteiger partial charge in [-0.25, -0.2) is 0 Å². The van der Waals surface area contributed by atoms with Crippen LogP contribution in [0.4, 0.5) is 10.8 Å². The second kappa shape index (κ2) is 9.01. The number of ether oxygens (including phenoxy) is 1. The fourth-order valence-corrected chi connectivity index (χ4v) is 4.42. The number of Topliss-reactive ketones (excluding diaryl/α,β-unsaturated/α-hetero) is 1. The van der Waals surface area contributed by atoms with Crippen LogP contribution in [0, 0.1) is 6.92 Å². The van der Waals surface area contributed by atoms with Gasteiger partial charge < -0.3 is 10.1 Å². The zero-order chi connectivity index (χ0) is 19.2. The first kappa shape index (κ1) is 19.4. The number of ketones is 1. The summed E-state index contributed by atoms with van der Waals surface area (Å²) in [5.74, 6) is 0.860. The van der Waals surface area contributed by atoms with Crippen molar-refractivity contribution in [2.24, 2.45) is 0 Å². The van der Waals surface area contributed by atoms with Crippen LogP contribution in [0.5, 0.6) is 5.75 Å². The number of nitrogens with one attached hydrogen (secondary N) is 1. The highest BCUT2D eigenvalue weighted by atomic mass is 32.2. The predicted octanol–water partition coefficient (Wildman–Crippen LogP) is 5.35. The molecule has 5 nitrogen and oxygen atoms in total. The summed E-state index contributed by atoms with van der Waals surface area (Å²) >= 11 is 2.84. The van der Waals surface area contributed by atoms with E-state index in [0.29, 0.717) is 17.3 Å². The molecule has 0 aliphatic carbocycles. The van der Waals surface area contributed by atoms with Crippen molar-refractivity contribution in [3.05, 3.63) is 59.7 Å². The topological polar surface area (TPSA) is 64.1 Å². The van der Waals surface area contributed by atoms with Crippen molar-refractivity contribution in [3.8, 4) is 5.75 Å². The molecule has 2 aromatic carbocycles. The molecular weight excluding hydrogens is 378 g/mol. The molecule has 7 heteroatoms. The maximum Gasteiger partial charge on any atom is 0.210 e. The molecule has 0 amide bonds. The molecule has 0 saturated heterocycles. The van der Waals surface area contributed by atoms with Gasteiger partial charge in [0, 0.05) is 5.56 Å². The van der Waals surface area contributed by atoms with Crippen LogP contribution in [0.3, 0.4) is 0 Å². The van der Waals surface area contributed by atoms with Crippen LogP contribution in [0.25, 0.3) is 0 Å². The van der Waals surface area contributed by atoms with E-state index >= 15 is 0 Å². The summed E-state index contributed by atoms with van der Waals surface area (Å²) in [5.41, 5.74) is 2.70. The quantitative estimate of drug-likeness (QED) is 0.407. The zero-order valence-corrected chi connectivity index (χ0v) is 17.1. The number of thioether (sulfide) groups is 1. The van der Waals surface area contributed by atoms with Crippen molar-refractivity contribution in [1.82, 2.24) is 10.2 Å². The minimum Gasteiger partial charge on any atom is -0.492 e. The summed E-state index contributed by atoms with van der Waals surface area (Å²) in [6.45, 7) is 6.44. The number of aromatic nitrogens is 2. The van der Waals surface area contributed by atoms with Gasteiger partial charge in [0.15, 0.2) is 10.1 Å². The molecule has 0 saturated carbocycles. The molecule has 3 rings (SSSR count). The fraction of sp³-hybridized carbons (Fsp3) is 0.250. The number of aryl methyl sites for hydroxylation is 1. The Bertz CT molecular complexity index is 910. The highest BCUT2D eigenvalue weighted by Gasteiger charge is 2.19. The number of hydrogen-bond donors (Lipinski definition) is 1. The minimum atomic E-state index is -0.232. The summed E-state index contributed by atoms with van der Waals surface area (Å²) in [6, 6.07) is 15.3. The summed E-state index contributed by atoms with van der Waals surface area (Å²) in [7, 11) is 0. The van der Waals surface area contributed by atoms with Crippen LogP contribution in [0.15, 0.2) is 52.9 Å². The molecule has 0 fully saturated rings. The van der Waals surface area contributed by atoms with Crippen molar-refractivity contribution in [2.45, 2.75) is 30.4 Å². The number of anilines is 2. The van der Waals surface area contributed by atoms with Crippen LogP contribution < -0.4 is 10.1 Å². The number of hydrogen-bond acceptors (Lipinski definition) is 7. The first-order chi connectivity index (χ1) is 13.1. The lowest BCUT2D eigenvalue weighted by atomic mass is 10.1. The molecule has 1 N–H and O–H groups in total. The van der Waals surface area contributed by atoms with Gasteiger partial charge in [-0.1, -0.05) is 65.1 Å². The molecule has 0 aliphatic rings. The van der Waals surface area contributed by atoms with Crippen molar-refractivity contribution in [3.63, 3.8) is 0 Å². The van der Waals surface area contributed by atoms with E-state index in [1.54, 1.807) is 0 Å². The Morgan fingerprint density at radius 3 is 2.67 bits per heavy atom. The second-order valence-electron chi connectivity index (χ2n) is 5.92. The molecule has 0 unspecified atom stereocenters. The largest absolute Gasteiger partial charge is 0.492 e. The van der Waals surface area contributed by atoms with Crippen LogP contribution >= 0.6 is 23.1 Å². The third-order valence-corrected chi connectivity index (χ3v) is 5.84. The molecule has 140 valence electrons. The van der Waals surface area contributed by atoms with E-state index in [-0.39, 0.29) is 11.0 Å². The van der Waals surface area contributed by atoms with Gasteiger partial charge in [-0.15, -0.1) is 10.2 Å². The Kier molecular flexibility index (Phi) is 6.47. The molecule has 0 radical (unpaired) electrons. The van der Waals surface area contributed by atoms with Crippen molar-refractivity contribution >= 4 is 39.7 Å². The van der Waals surface area contributed by atoms with Crippen LogP contribution in [0.2, 0.25) is 0 Å². The predicted molar refractivity (Wildman–Crippen MR) is 112 cm³/mol.